The van der Waals surface area contributed by atoms with Crippen molar-refractivity contribution in [3.63, 3.8) is 0 Å². The van der Waals surface area contributed by atoms with Gasteiger partial charge in [0, 0.05) is 24.0 Å². The van der Waals surface area contributed by atoms with E-state index in [9.17, 15) is 9.59 Å². The number of rotatable bonds is 6. The quantitative estimate of drug-likeness (QED) is 0.805. The zero-order chi connectivity index (χ0) is 15.2. The Morgan fingerprint density at radius 2 is 2.14 bits per heavy atom. The molecule has 0 spiro atoms. The molecule has 0 unspecified atom stereocenters. The number of carbonyl (C=O) groups is 2. The predicted octanol–water partition coefficient (Wildman–Crippen LogP) is 1.57. The van der Waals surface area contributed by atoms with Gasteiger partial charge in [-0.25, -0.2) is 9.78 Å². The van der Waals surface area contributed by atoms with Crippen molar-refractivity contribution in [1.29, 1.82) is 0 Å². The number of carbonyl (C=O) groups excluding carboxylic acids is 1. The van der Waals surface area contributed by atoms with E-state index in [0.29, 0.717) is 23.3 Å². The number of hydrogen-bond acceptors (Lipinski definition) is 6. The summed E-state index contributed by atoms with van der Waals surface area (Å²) in [4.78, 5) is 29.6. The molecule has 21 heavy (non-hydrogen) atoms. The Bertz CT molecular complexity index is 672. The number of aromatic carboxylic acids is 1. The smallest absolute Gasteiger partial charge is 0.337 e. The Morgan fingerprint density at radius 1 is 1.33 bits per heavy atom. The maximum Gasteiger partial charge on any atom is 0.337 e. The van der Waals surface area contributed by atoms with Crippen LogP contribution < -0.4 is 9.47 Å². The van der Waals surface area contributed by atoms with E-state index in [4.69, 9.17) is 14.6 Å². The van der Waals surface area contributed by atoms with Gasteiger partial charge in [0.1, 0.15) is 12.4 Å². The van der Waals surface area contributed by atoms with Gasteiger partial charge in [-0.2, -0.15) is 0 Å². The number of aromatic nitrogens is 2. The fourth-order valence-electron chi connectivity index (χ4n) is 1.61. The highest BCUT2D eigenvalue weighted by Crippen LogP contribution is 2.20. The van der Waals surface area contributed by atoms with Crippen LogP contribution in [0.4, 0.5) is 0 Å². The molecule has 0 aliphatic heterocycles. The van der Waals surface area contributed by atoms with Crippen molar-refractivity contribution in [2.24, 2.45) is 0 Å². The first-order chi connectivity index (χ1) is 10.1. The first-order valence-electron chi connectivity index (χ1n) is 5.93. The Hall–Kier alpha value is -2.96. The number of hydrogen-bond donors (Lipinski definition) is 1. The summed E-state index contributed by atoms with van der Waals surface area (Å²) < 4.78 is 10.4. The monoisotopic (exact) mass is 288 g/mol. The Kier molecular flexibility index (Phi) is 4.45. The van der Waals surface area contributed by atoms with Crippen molar-refractivity contribution in [2.75, 3.05) is 7.11 Å². The van der Waals surface area contributed by atoms with Crippen molar-refractivity contribution < 1.29 is 24.2 Å². The zero-order valence-electron chi connectivity index (χ0n) is 11.1. The van der Waals surface area contributed by atoms with Crippen LogP contribution >= 0.6 is 0 Å². The van der Waals surface area contributed by atoms with Crippen LogP contribution in [0.15, 0.2) is 30.7 Å². The van der Waals surface area contributed by atoms with E-state index >= 15 is 0 Å². The summed E-state index contributed by atoms with van der Waals surface area (Å²) in [5, 5.41) is 8.88. The summed E-state index contributed by atoms with van der Waals surface area (Å²) in [6.07, 6.45) is 4.74. The third-order valence-electron chi connectivity index (χ3n) is 2.64. The highest BCUT2D eigenvalue weighted by molar-refractivity contribution is 5.87. The van der Waals surface area contributed by atoms with Crippen molar-refractivity contribution in [3.05, 3.63) is 47.4 Å². The van der Waals surface area contributed by atoms with Gasteiger partial charge in [-0.05, 0) is 6.07 Å². The first-order valence-corrected chi connectivity index (χ1v) is 5.93. The van der Waals surface area contributed by atoms with E-state index < -0.39 is 5.97 Å². The number of pyridine rings is 2. The average molecular weight is 288 g/mol. The van der Waals surface area contributed by atoms with Crippen molar-refractivity contribution in [2.45, 2.75) is 6.61 Å². The molecule has 0 atom stereocenters. The average Bonchev–Trinajstić information content (AvgIpc) is 2.53. The number of aldehydes is 1. The minimum absolute atomic E-state index is 0.0690. The van der Waals surface area contributed by atoms with Crippen LogP contribution in [0, 0.1) is 0 Å². The lowest BCUT2D eigenvalue weighted by Gasteiger charge is -2.09. The summed E-state index contributed by atoms with van der Waals surface area (Å²) >= 11 is 0. The molecule has 0 aliphatic rings. The van der Waals surface area contributed by atoms with Crippen molar-refractivity contribution in [1.82, 2.24) is 9.97 Å². The van der Waals surface area contributed by atoms with E-state index in [1.165, 1.54) is 37.8 Å². The third kappa shape index (κ3) is 3.53. The second-order valence-corrected chi connectivity index (χ2v) is 4.06. The van der Waals surface area contributed by atoms with E-state index in [-0.39, 0.29) is 17.9 Å². The van der Waals surface area contributed by atoms with Gasteiger partial charge >= 0.3 is 5.97 Å². The molecule has 0 aliphatic carbocycles. The highest BCUT2D eigenvalue weighted by Gasteiger charge is 2.08. The molecule has 0 saturated carbocycles. The lowest BCUT2D eigenvalue weighted by Crippen LogP contribution is -2.03. The molecule has 7 heteroatoms. The van der Waals surface area contributed by atoms with Crippen LogP contribution in [0.5, 0.6) is 11.6 Å². The zero-order valence-corrected chi connectivity index (χ0v) is 11.1. The van der Waals surface area contributed by atoms with Crippen LogP contribution in [0.1, 0.15) is 26.3 Å². The molecule has 2 rings (SSSR count). The van der Waals surface area contributed by atoms with Crippen LogP contribution in [-0.4, -0.2) is 34.4 Å². The van der Waals surface area contributed by atoms with Crippen molar-refractivity contribution in [3.8, 4) is 11.6 Å². The van der Waals surface area contributed by atoms with Crippen LogP contribution in [-0.2, 0) is 6.61 Å². The molecule has 108 valence electrons. The molecule has 2 aromatic heterocycles. The molecule has 0 aromatic carbocycles. The van der Waals surface area contributed by atoms with E-state index in [1.54, 1.807) is 0 Å². The molecule has 2 aromatic rings. The van der Waals surface area contributed by atoms with E-state index in [2.05, 4.69) is 9.97 Å². The Labute approximate surface area is 120 Å². The summed E-state index contributed by atoms with van der Waals surface area (Å²) in [6.45, 7) is 0.0724. The van der Waals surface area contributed by atoms with Gasteiger partial charge in [0.05, 0.1) is 24.4 Å². The maximum absolute atomic E-state index is 11.0. The Morgan fingerprint density at radius 3 is 2.81 bits per heavy atom. The molecular formula is C14H12N2O5. The second-order valence-electron chi connectivity index (χ2n) is 4.06. The minimum Gasteiger partial charge on any atom is -0.486 e. The summed E-state index contributed by atoms with van der Waals surface area (Å²) in [6, 6.07) is 2.90. The normalized spacial score (nSPS) is 9.95. The SMILES string of the molecule is COc1cc(C=O)c(OCc2cncc(C(=O)O)c2)cn1. The topological polar surface area (TPSA) is 98.6 Å². The summed E-state index contributed by atoms with van der Waals surface area (Å²) in [5.41, 5.74) is 0.936. The molecule has 0 saturated heterocycles. The standard InChI is InChI=1S/C14H12N2O5/c1-20-13-3-11(7-17)12(6-16-13)21-8-9-2-10(14(18)19)5-15-4-9/h2-7H,8H2,1H3,(H,18,19). The predicted molar refractivity (Wildman–Crippen MR) is 71.7 cm³/mol. The molecule has 0 bridgehead atoms. The fraction of sp³-hybridized carbons (Fsp3) is 0.143. The Balaban J connectivity index is 2.14. The minimum atomic E-state index is -1.07. The van der Waals surface area contributed by atoms with Crippen molar-refractivity contribution >= 4 is 12.3 Å². The van der Waals surface area contributed by atoms with Gasteiger partial charge < -0.3 is 14.6 Å². The largest absolute Gasteiger partial charge is 0.486 e. The highest BCUT2D eigenvalue weighted by atomic mass is 16.5. The first kappa shape index (κ1) is 14.4. The van der Waals surface area contributed by atoms with Gasteiger partial charge in [0.15, 0.2) is 6.29 Å². The number of nitrogens with zero attached hydrogens (tertiary/aromatic N) is 2. The number of ether oxygens (including phenoxy) is 2. The second kappa shape index (κ2) is 6.47. The fourth-order valence-corrected chi connectivity index (χ4v) is 1.61. The summed E-state index contributed by atoms with van der Waals surface area (Å²) in [5.74, 6) is -0.477. The summed E-state index contributed by atoms with van der Waals surface area (Å²) in [7, 11) is 1.44. The number of carboxylic acids is 1. The number of methoxy groups -OCH3 is 1. The molecule has 7 nitrogen and oxygen atoms in total. The van der Waals surface area contributed by atoms with Crippen LogP contribution in [0.2, 0.25) is 0 Å². The molecule has 0 fully saturated rings. The van der Waals surface area contributed by atoms with Gasteiger partial charge in [0.2, 0.25) is 5.88 Å². The lowest BCUT2D eigenvalue weighted by atomic mass is 10.2. The van der Waals surface area contributed by atoms with Crippen LogP contribution in [0.25, 0.3) is 0 Å². The van der Waals surface area contributed by atoms with Gasteiger partial charge in [-0.3, -0.25) is 9.78 Å². The van der Waals surface area contributed by atoms with Gasteiger partial charge in [-0.15, -0.1) is 0 Å². The lowest BCUT2D eigenvalue weighted by molar-refractivity contribution is 0.0696. The van der Waals surface area contributed by atoms with Gasteiger partial charge in [-0.1, -0.05) is 0 Å². The van der Waals surface area contributed by atoms with E-state index in [1.807, 2.05) is 0 Å². The van der Waals surface area contributed by atoms with Crippen LogP contribution in [0.3, 0.4) is 0 Å². The molecule has 2 heterocycles. The van der Waals surface area contributed by atoms with E-state index in [0.717, 1.165) is 0 Å². The number of carboxylic acid groups (broad SMARTS) is 1. The molecule has 1 N–H and O–H groups in total. The van der Waals surface area contributed by atoms with Gasteiger partial charge in [0.25, 0.3) is 0 Å². The maximum atomic E-state index is 11.0. The third-order valence-corrected chi connectivity index (χ3v) is 2.64. The molecular weight excluding hydrogens is 276 g/mol. The molecule has 0 radical (unpaired) electrons. The molecule has 0 amide bonds.